The largest absolute Gasteiger partial charge is 0.369 e. The molecule has 1 N–H and O–H groups in total. The van der Waals surface area contributed by atoms with E-state index in [0.717, 1.165) is 54.8 Å². The monoisotopic (exact) mass is 438 g/mol. The lowest BCUT2D eigenvalue weighted by atomic mass is 10.2. The van der Waals surface area contributed by atoms with Crippen molar-refractivity contribution in [2.45, 2.75) is 17.6 Å². The number of thioether (sulfide) groups is 1. The van der Waals surface area contributed by atoms with E-state index in [1.807, 2.05) is 47.3 Å². The van der Waals surface area contributed by atoms with Gasteiger partial charge in [0, 0.05) is 53.6 Å². The number of hydrogen-bond donors (Lipinski definition) is 1. The van der Waals surface area contributed by atoms with Crippen LogP contribution in [0.1, 0.15) is 23.0 Å². The maximum Gasteiger partial charge on any atom is 0.256 e. The molecule has 2 aromatic carbocycles. The van der Waals surface area contributed by atoms with E-state index in [0.29, 0.717) is 5.56 Å². The first-order valence-corrected chi connectivity index (χ1v) is 12.1. The summed E-state index contributed by atoms with van der Waals surface area (Å²) in [7, 11) is 0. The Bertz CT molecular complexity index is 952. The van der Waals surface area contributed by atoms with Gasteiger partial charge in [0.2, 0.25) is 0 Å². The van der Waals surface area contributed by atoms with Crippen LogP contribution >= 0.6 is 23.1 Å². The number of nitrogens with zero attached hydrogens (tertiary/aromatic N) is 3. The molecule has 2 heterocycles. The van der Waals surface area contributed by atoms with Crippen LogP contribution in [0.3, 0.4) is 0 Å². The van der Waals surface area contributed by atoms with Crippen molar-refractivity contribution in [1.82, 2.24) is 9.88 Å². The summed E-state index contributed by atoms with van der Waals surface area (Å²) in [6, 6.07) is 15.9. The van der Waals surface area contributed by atoms with E-state index >= 15 is 0 Å². The van der Waals surface area contributed by atoms with Gasteiger partial charge in [-0.1, -0.05) is 19.1 Å². The van der Waals surface area contributed by atoms with Crippen LogP contribution in [-0.2, 0) is 5.75 Å². The average molecular weight is 439 g/mol. The molecule has 1 aliphatic rings. The van der Waals surface area contributed by atoms with Crippen LogP contribution in [0, 0.1) is 0 Å². The fourth-order valence-corrected chi connectivity index (χ4v) is 5.13. The smallest absolute Gasteiger partial charge is 0.256 e. The molecule has 1 aliphatic heterocycles. The highest BCUT2D eigenvalue weighted by Crippen LogP contribution is 2.27. The Kier molecular flexibility index (Phi) is 7.04. The highest BCUT2D eigenvalue weighted by molar-refractivity contribution is 7.98. The topological polar surface area (TPSA) is 48.5 Å². The van der Waals surface area contributed by atoms with E-state index in [2.05, 4.69) is 39.2 Å². The molecule has 0 unspecified atom stereocenters. The SMILES string of the molecule is CCN1CCN(c2ccc(NC(=O)c3ccccc3SCc3cscn3)cc2)CC1. The highest BCUT2D eigenvalue weighted by atomic mass is 32.2. The lowest BCUT2D eigenvalue weighted by Gasteiger charge is -2.35. The van der Waals surface area contributed by atoms with Crippen LogP contribution in [0.2, 0.25) is 0 Å². The minimum absolute atomic E-state index is 0.0827. The predicted molar refractivity (Wildman–Crippen MR) is 127 cm³/mol. The molecular weight excluding hydrogens is 412 g/mol. The molecular formula is C23H26N4OS2. The van der Waals surface area contributed by atoms with Crippen molar-refractivity contribution in [2.24, 2.45) is 0 Å². The van der Waals surface area contributed by atoms with Crippen LogP contribution in [-0.4, -0.2) is 48.5 Å². The molecule has 0 aliphatic carbocycles. The summed E-state index contributed by atoms with van der Waals surface area (Å²) in [6.45, 7) is 7.62. The van der Waals surface area contributed by atoms with E-state index in [9.17, 15) is 4.79 Å². The van der Waals surface area contributed by atoms with Gasteiger partial charge in [0.15, 0.2) is 0 Å². The van der Waals surface area contributed by atoms with Crippen molar-refractivity contribution in [3.05, 3.63) is 70.7 Å². The third-order valence-corrected chi connectivity index (χ3v) is 7.04. The Morgan fingerprint density at radius 2 is 1.87 bits per heavy atom. The molecule has 0 atom stereocenters. The Labute approximate surface area is 186 Å². The first-order valence-electron chi connectivity index (χ1n) is 10.2. The van der Waals surface area contributed by atoms with Crippen molar-refractivity contribution < 1.29 is 4.79 Å². The molecule has 0 radical (unpaired) electrons. The summed E-state index contributed by atoms with van der Waals surface area (Å²) < 4.78 is 0. The lowest BCUT2D eigenvalue weighted by molar-refractivity contribution is 0.102. The van der Waals surface area contributed by atoms with Gasteiger partial charge in [0.05, 0.1) is 16.8 Å². The summed E-state index contributed by atoms with van der Waals surface area (Å²) in [5.41, 5.74) is 5.59. The van der Waals surface area contributed by atoms with Crippen molar-refractivity contribution in [2.75, 3.05) is 42.9 Å². The van der Waals surface area contributed by atoms with Gasteiger partial charge in [0.1, 0.15) is 0 Å². The third kappa shape index (κ3) is 5.22. The number of carbonyl (C=O) groups excluding carboxylic acids is 1. The molecule has 156 valence electrons. The summed E-state index contributed by atoms with van der Waals surface area (Å²) >= 11 is 3.23. The molecule has 4 rings (SSSR count). The minimum atomic E-state index is -0.0827. The van der Waals surface area contributed by atoms with E-state index in [-0.39, 0.29) is 5.91 Å². The van der Waals surface area contributed by atoms with E-state index in [4.69, 9.17) is 0 Å². The van der Waals surface area contributed by atoms with E-state index in [1.54, 1.807) is 23.1 Å². The standard InChI is InChI=1S/C23H26N4OS2/c1-2-26-11-13-27(14-12-26)20-9-7-18(8-10-20)25-23(28)21-5-3-4-6-22(21)30-16-19-15-29-17-24-19/h3-10,15,17H,2,11-14,16H2,1H3,(H,25,28). The van der Waals surface area contributed by atoms with Gasteiger partial charge < -0.3 is 15.1 Å². The molecule has 1 aromatic heterocycles. The molecule has 3 aromatic rings. The van der Waals surface area contributed by atoms with E-state index in [1.165, 1.54) is 5.69 Å². The van der Waals surface area contributed by atoms with Crippen LogP contribution in [0.5, 0.6) is 0 Å². The van der Waals surface area contributed by atoms with Gasteiger partial charge in [-0.05, 0) is 42.9 Å². The molecule has 1 fully saturated rings. The second-order valence-corrected chi connectivity index (χ2v) is 8.92. The quantitative estimate of drug-likeness (QED) is 0.536. The fraction of sp³-hybridized carbons (Fsp3) is 0.304. The number of carbonyl (C=O) groups is 1. The Hall–Kier alpha value is -2.35. The van der Waals surface area contributed by atoms with Crippen molar-refractivity contribution in [1.29, 1.82) is 0 Å². The van der Waals surface area contributed by atoms with Crippen LogP contribution in [0.4, 0.5) is 11.4 Å². The number of benzene rings is 2. The Balaban J connectivity index is 1.38. The summed E-state index contributed by atoms with van der Waals surface area (Å²) in [6.07, 6.45) is 0. The molecule has 0 spiro atoms. The molecule has 0 bridgehead atoms. The van der Waals surface area contributed by atoms with Crippen molar-refractivity contribution >= 4 is 40.4 Å². The fourth-order valence-electron chi connectivity index (χ4n) is 3.52. The number of rotatable bonds is 7. The number of aromatic nitrogens is 1. The normalized spacial score (nSPS) is 14.6. The molecule has 5 nitrogen and oxygen atoms in total. The molecule has 7 heteroatoms. The molecule has 0 saturated carbocycles. The summed E-state index contributed by atoms with van der Waals surface area (Å²) in [5, 5.41) is 5.09. The number of hydrogen-bond acceptors (Lipinski definition) is 6. The van der Waals surface area contributed by atoms with Gasteiger partial charge in [0.25, 0.3) is 5.91 Å². The van der Waals surface area contributed by atoms with Crippen LogP contribution < -0.4 is 10.2 Å². The average Bonchev–Trinajstić information content (AvgIpc) is 3.32. The van der Waals surface area contributed by atoms with Crippen molar-refractivity contribution in [3.8, 4) is 0 Å². The number of nitrogens with one attached hydrogen (secondary N) is 1. The van der Waals surface area contributed by atoms with Gasteiger partial charge in [-0.3, -0.25) is 4.79 Å². The Morgan fingerprint density at radius 1 is 1.10 bits per heavy atom. The van der Waals surface area contributed by atoms with Gasteiger partial charge in [-0.25, -0.2) is 4.98 Å². The zero-order valence-corrected chi connectivity index (χ0v) is 18.7. The van der Waals surface area contributed by atoms with E-state index < -0.39 is 0 Å². The molecule has 1 amide bonds. The summed E-state index contributed by atoms with van der Waals surface area (Å²) in [4.78, 5) is 23.1. The van der Waals surface area contributed by atoms with Crippen molar-refractivity contribution in [3.63, 3.8) is 0 Å². The number of likely N-dealkylation sites (N-methyl/N-ethyl adjacent to an activating group) is 1. The number of thiazole rings is 1. The predicted octanol–water partition coefficient (Wildman–Crippen LogP) is 4.83. The van der Waals surface area contributed by atoms with Gasteiger partial charge >= 0.3 is 0 Å². The lowest BCUT2D eigenvalue weighted by Crippen LogP contribution is -2.46. The second kappa shape index (κ2) is 10.1. The second-order valence-electron chi connectivity index (χ2n) is 7.19. The maximum atomic E-state index is 12.9. The van der Waals surface area contributed by atoms with Crippen LogP contribution in [0.15, 0.2) is 64.3 Å². The van der Waals surface area contributed by atoms with Gasteiger partial charge in [-0.15, -0.1) is 23.1 Å². The molecule has 30 heavy (non-hydrogen) atoms. The summed E-state index contributed by atoms with van der Waals surface area (Å²) in [5.74, 6) is 0.675. The first kappa shape index (κ1) is 20.9. The first-order chi connectivity index (χ1) is 14.7. The Morgan fingerprint density at radius 3 is 2.57 bits per heavy atom. The zero-order chi connectivity index (χ0) is 20.8. The zero-order valence-electron chi connectivity index (χ0n) is 17.1. The maximum absolute atomic E-state index is 12.9. The minimum Gasteiger partial charge on any atom is -0.369 e. The number of amides is 1. The van der Waals surface area contributed by atoms with Crippen LogP contribution in [0.25, 0.3) is 0 Å². The highest BCUT2D eigenvalue weighted by Gasteiger charge is 2.16. The third-order valence-electron chi connectivity index (χ3n) is 5.30. The molecule has 1 saturated heterocycles. The number of piperazine rings is 1. The number of anilines is 2. The van der Waals surface area contributed by atoms with Gasteiger partial charge in [-0.2, -0.15) is 0 Å².